The number of aromatic nitrogens is 1. The molecule has 0 radical (unpaired) electrons. The minimum Gasteiger partial charge on any atom is -0.504 e. The number of ether oxygens (including phenoxy) is 1. The number of H-pyrrole nitrogens is 1. The number of phenols is 1. The number of halogens is 1. The van der Waals surface area contributed by atoms with Gasteiger partial charge in [-0.15, -0.1) is 0 Å². The molecule has 3 aromatic rings. The molecule has 2 aromatic carbocycles. The Labute approximate surface area is 140 Å². The van der Waals surface area contributed by atoms with Crippen LogP contribution in [0, 0.1) is 0 Å². The number of benzene rings is 2. The SMILES string of the molecule is COc1cccc(C(c2c[nH]c3cccc(Cl)c23)N(C)C)c1O. The Morgan fingerprint density at radius 3 is 2.57 bits per heavy atom. The Bertz CT molecular complexity index is 842. The molecule has 0 aliphatic heterocycles. The third-order valence-corrected chi connectivity index (χ3v) is 4.36. The lowest BCUT2D eigenvalue weighted by Crippen LogP contribution is -2.21. The molecular formula is C18H19ClN2O2. The first-order valence-corrected chi connectivity index (χ1v) is 7.70. The van der Waals surface area contributed by atoms with Gasteiger partial charge in [-0.3, -0.25) is 4.90 Å². The summed E-state index contributed by atoms with van der Waals surface area (Å²) < 4.78 is 5.24. The summed E-state index contributed by atoms with van der Waals surface area (Å²) in [6, 6.07) is 11.1. The minimum atomic E-state index is -0.154. The molecule has 0 spiro atoms. The topological polar surface area (TPSA) is 48.5 Å². The van der Waals surface area contributed by atoms with Gasteiger partial charge in [0, 0.05) is 28.2 Å². The fourth-order valence-corrected chi connectivity index (χ4v) is 3.31. The lowest BCUT2D eigenvalue weighted by Gasteiger charge is -2.26. The maximum Gasteiger partial charge on any atom is 0.162 e. The van der Waals surface area contributed by atoms with Gasteiger partial charge in [0.05, 0.1) is 18.2 Å². The van der Waals surface area contributed by atoms with Gasteiger partial charge < -0.3 is 14.8 Å². The van der Waals surface area contributed by atoms with E-state index in [-0.39, 0.29) is 11.8 Å². The number of methoxy groups -OCH3 is 1. The van der Waals surface area contributed by atoms with E-state index in [1.165, 1.54) is 0 Å². The summed E-state index contributed by atoms with van der Waals surface area (Å²) in [5.41, 5.74) is 2.76. The summed E-state index contributed by atoms with van der Waals surface area (Å²) in [4.78, 5) is 5.30. The highest BCUT2D eigenvalue weighted by Gasteiger charge is 2.25. The molecule has 0 amide bonds. The van der Waals surface area contributed by atoms with Crippen LogP contribution < -0.4 is 4.74 Å². The summed E-state index contributed by atoms with van der Waals surface area (Å²) in [6.45, 7) is 0. The van der Waals surface area contributed by atoms with Crippen molar-refractivity contribution in [3.8, 4) is 11.5 Å². The Kier molecular flexibility index (Phi) is 4.20. The zero-order valence-electron chi connectivity index (χ0n) is 13.3. The molecule has 23 heavy (non-hydrogen) atoms. The molecule has 3 rings (SSSR count). The number of hydrogen-bond donors (Lipinski definition) is 2. The largest absolute Gasteiger partial charge is 0.504 e. The molecule has 0 fully saturated rings. The van der Waals surface area contributed by atoms with E-state index in [4.69, 9.17) is 16.3 Å². The molecular weight excluding hydrogens is 312 g/mol. The Hall–Kier alpha value is -2.17. The third-order valence-electron chi connectivity index (χ3n) is 4.04. The molecule has 0 saturated heterocycles. The highest BCUT2D eigenvalue weighted by atomic mass is 35.5. The first-order valence-electron chi connectivity index (χ1n) is 7.32. The molecule has 1 heterocycles. The average molecular weight is 331 g/mol. The quantitative estimate of drug-likeness (QED) is 0.754. The van der Waals surface area contributed by atoms with Gasteiger partial charge in [0.25, 0.3) is 0 Å². The molecule has 2 N–H and O–H groups in total. The number of para-hydroxylation sites is 1. The number of aromatic hydroxyl groups is 1. The van der Waals surface area contributed by atoms with E-state index in [2.05, 4.69) is 4.98 Å². The van der Waals surface area contributed by atoms with Crippen LogP contribution in [0.15, 0.2) is 42.6 Å². The van der Waals surface area contributed by atoms with Crippen molar-refractivity contribution in [2.45, 2.75) is 6.04 Å². The standard InChI is InChI=1S/C18H19ClN2O2/c1-21(2)17(11-6-4-9-15(23-3)18(11)22)12-10-20-14-8-5-7-13(19)16(12)14/h4-10,17,20,22H,1-3H3. The summed E-state index contributed by atoms with van der Waals surface area (Å²) in [5.74, 6) is 0.607. The van der Waals surface area contributed by atoms with E-state index in [9.17, 15) is 5.11 Å². The van der Waals surface area contributed by atoms with Crippen LogP contribution in [0.1, 0.15) is 17.2 Å². The van der Waals surface area contributed by atoms with E-state index in [0.717, 1.165) is 22.0 Å². The van der Waals surface area contributed by atoms with Crippen molar-refractivity contribution in [3.63, 3.8) is 0 Å². The van der Waals surface area contributed by atoms with E-state index < -0.39 is 0 Å². The average Bonchev–Trinajstić information content (AvgIpc) is 2.94. The normalized spacial score (nSPS) is 12.7. The lowest BCUT2D eigenvalue weighted by atomic mass is 9.96. The van der Waals surface area contributed by atoms with Gasteiger partial charge in [-0.2, -0.15) is 0 Å². The number of nitrogens with zero attached hydrogens (tertiary/aromatic N) is 1. The second-order valence-corrected chi connectivity index (χ2v) is 6.08. The van der Waals surface area contributed by atoms with Gasteiger partial charge in [0.15, 0.2) is 11.5 Å². The highest BCUT2D eigenvalue weighted by Crippen LogP contribution is 2.41. The van der Waals surface area contributed by atoms with Crippen LogP contribution >= 0.6 is 11.6 Å². The van der Waals surface area contributed by atoms with Crippen LogP contribution in [0.25, 0.3) is 10.9 Å². The summed E-state index contributed by atoms with van der Waals surface area (Å²) in [6.07, 6.45) is 1.94. The number of hydrogen-bond acceptors (Lipinski definition) is 3. The Balaban J connectivity index is 2.24. The Morgan fingerprint density at radius 1 is 1.13 bits per heavy atom. The number of rotatable bonds is 4. The maximum atomic E-state index is 10.6. The molecule has 0 aliphatic carbocycles. The number of phenolic OH excluding ortho intramolecular Hbond substituents is 1. The van der Waals surface area contributed by atoms with Gasteiger partial charge in [0.1, 0.15) is 0 Å². The van der Waals surface area contributed by atoms with Crippen molar-refractivity contribution in [3.05, 3.63) is 58.7 Å². The molecule has 0 aliphatic rings. The van der Waals surface area contributed by atoms with Crippen molar-refractivity contribution in [2.24, 2.45) is 0 Å². The third kappa shape index (κ3) is 2.64. The van der Waals surface area contributed by atoms with Gasteiger partial charge >= 0.3 is 0 Å². The molecule has 4 nitrogen and oxygen atoms in total. The fraction of sp³-hybridized carbons (Fsp3) is 0.222. The molecule has 1 aromatic heterocycles. The van der Waals surface area contributed by atoms with Crippen LogP contribution in [-0.4, -0.2) is 36.2 Å². The molecule has 1 unspecified atom stereocenters. The van der Waals surface area contributed by atoms with Gasteiger partial charge in [-0.25, -0.2) is 0 Å². The number of fused-ring (bicyclic) bond motifs is 1. The lowest BCUT2D eigenvalue weighted by molar-refractivity contribution is 0.323. The number of nitrogens with one attached hydrogen (secondary N) is 1. The second-order valence-electron chi connectivity index (χ2n) is 5.67. The monoisotopic (exact) mass is 330 g/mol. The smallest absolute Gasteiger partial charge is 0.162 e. The first-order chi connectivity index (χ1) is 11.0. The van der Waals surface area contributed by atoms with Crippen molar-refractivity contribution in [1.82, 2.24) is 9.88 Å². The molecule has 0 bridgehead atoms. The number of aromatic amines is 1. The van der Waals surface area contributed by atoms with E-state index in [1.807, 2.05) is 55.5 Å². The zero-order chi connectivity index (χ0) is 16.6. The zero-order valence-corrected chi connectivity index (χ0v) is 14.1. The Morgan fingerprint density at radius 2 is 1.87 bits per heavy atom. The van der Waals surface area contributed by atoms with E-state index in [1.54, 1.807) is 13.2 Å². The van der Waals surface area contributed by atoms with E-state index >= 15 is 0 Å². The fourth-order valence-electron chi connectivity index (χ4n) is 3.03. The van der Waals surface area contributed by atoms with Crippen molar-refractivity contribution in [2.75, 3.05) is 21.2 Å². The van der Waals surface area contributed by atoms with Crippen molar-refractivity contribution < 1.29 is 9.84 Å². The highest BCUT2D eigenvalue weighted by molar-refractivity contribution is 6.35. The summed E-state index contributed by atoms with van der Waals surface area (Å²) in [5, 5.41) is 12.2. The minimum absolute atomic E-state index is 0.148. The summed E-state index contributed by atoms with van der Waals surface area (Å²) >= 11 is 6.41. The van der Waals surface area contributed by atoms with Crippen LogP contribution in [0.5, 0.6) is 11.5 Å². The van der Waals surface area contributed by atoms with E-state index in [0.29, 0.717) is 10.8 Å². The van der Waals surface area contributed by atoms with Crippen molar-refractivity contribution in [1.29, 1.82) is 0 Å². The first kappa shape index (κ1) is 15.7. The maximum absolute atomic E-state index is 10.6. The van der Waals surface area contributed by atoms with Crippen LogP contribution in [0.2, 0.25) is 5.02 Å². The molecule has 1 atom stereocenters. The van der Waals surface area contributed by atoms with Gasteiger partial charge in [0.2, 0.25) is 0 Å². The van der Waals surface area contributed by atoms with Gasteiger partial charge in [-0.05, 0) is 32.3 Å². The van der Waals surface area contributed by atoms with Crippen LogP contribution in [0.4, 0.5) is 0 Å². The van der Waals surface area contributed by atoms with Crippen LogP contribution in [-0.2, 0) is 0 Å². The predicted octanol–water partition coefficient (Wildman–Crippen LogP) is 4.19. The predicted molar refractivity (Wildman–Crippen MR) is 93.5 cm³/mol. The molecule has 5 heteroatoms. The van der Waals surface area contributed by atoms with Crippen LogP contribution in [0.3, 0.4) is 0 Å². The summed E-state index contributed by atoms with van der Waals surface area (Å²) in [7, 11) is 5.49. The second kappa shape index (κ2) is 6.14. The van der Waals surface area contributed by atoms with Gasteiger partial charge in [-0.1, -0.05) is 29.8 Å². The molecule has 0 saturated carbocycles. The molecule has 120 valence electrons. The van der Waals surface area contributed by atoms with Crippen molar-refractivity contribution >= 4 is 22.5 Å².